The Kier molecular flexibility index (Phi) is 6.77. The standard InChI is InChI=1S/C36H24N2O2/c1-37-35(36(39)27-13-5-2-6-14-27)32-25-34(40-33-20-12-11-19-31(32)33)26-21-23-30(24-22-26)38(28-15-7-3-8-16-28)29-17-9-4-10-18-29/h2-25H. The van der Waals surface area contributed by atoms with Gasteiger partial charge >= 0.3 is 0 Å². The molecule has 0 aliphatic carbocycles. The number of carbonyl (C=O) groups is 1. The molecule has 1 heterocycles. The second kappa shape index (κ2) is 11.0. The number of hydrogen-bond acceptors (Lipinski definition) is 3. The topological polar surface area (TPSA) is 33.9 Å². The fourth-order valence-electron chi connectivity index (χ4n) is 4.81. The van der Waals surface area contributed by atoms with Gasteiger partial charge in [-0.2, -0.15) is 0 Å². The van der Waals surface area contributed by atoms with Gasteiger partial charge in [0, 0.05) is 33.8 Å². The predicted octanol–water partition coefficient (Wildman–Crippen LogP) is 9.10. The van der Waals surface area contributed by atoms with Crippen molar-refractivity contribution in [3.63, 3.8) is 0 Å². The second-order valence-electron chi connectivity index (χ2n) is 9.23. The van der Waals surface area contributed by atoms with Crippen molar-refractivity contribution in [1.29, 1.82) is 0 Å². The molecule has 0 N–H and O–H groups in total. The van der Waals surface area contributed by atoms with E-state index in [1.165, 1.54) is 0 Å². The molecule has 0 saturated heterocycles. The number of ether oxygens (including phenoxy) is 1. The van der Waals surface area contributed by atoms with Gasteiger partial charge in [0.25, 0.3) is 0 Å². The third-order valence-electron chi connectivity index (χ3n) is 6.73. The van der Waals surface area contributed by atoms with Crippen LogP contribution >= 0.6 is 0 Å². The molecule has 6 rings (SSSR count). The number of nitrogens with zero attached hydrogens (tertiary/aromatic N) is 2. The second-order valence-corrected chi connectivity index (χ2v) is 9.23. The minimum absolute atomic E-state index is 0.0652. The molecule has 0 atom stereocenters. The Balaban J connectivity index is 1.42. The molecule has 0 bridgehead atoms. The summed E-state index contributed by atoms with van der Waals surface area (Å²) in [6.07, 6.45) is 1.80. The van der Waals surface area contributed by atoms with E-state index in [2.05, 4.69) is 34.0 Å². The molecule has 1 aliphatic rings. The Morgan fingerprint density at radius 2 is 1.15 bits per heavy atom. The zero-order valence-electron chi connectivity index (χ0n) is 21.6. The average molecular weight is 517 g/mol. The lowest BCUT2D eigenvalue weighted by atomic mass is 9.94. The van der Waals surface area contributed by atoms with Gasteiger partial charge in [0.05, 0.1) is 6.57 Å². The lowest BCUT2D eigenvalue weighted by Gasteiger charge is -2.26. The first-order valence-corrected chi connectivity index (χ1v) is 12.9. The number of ketones is 1. The Labute approximate surface area is 233 Å². The molecule has 190 valence electrons. The molecule has 0 aromatic heterocycles. The van der Waals surface area contributed by atoms with Crippen LogP contribution in [0.25, 0.3) is 16.2 Å². The summed E-state index contributed by atoms with van der Waals surface area (Å²) in [4.78, 5) is 19.3. The molecule has 4 nitrogen and oxygen atoms in total. The van der Waals surface area contributed by atoms with Crippen molar-refractivity contribution in [2.45, 2.75) is 0 Å². The van der Waals surface area contributed by atoms with E-state index in [1.54, 1.807) is 30.3 Å². The lowest BCUT2D eigenvalue weighted by molar-refractivity contribution is 0.103. The summed E-state index contributed by atoms with van der Waals surface area (Å²) in [5, 5.41) is 0. The predicted molar refractivity (Wildman–Crippen MR) is 160 cm³/mol. The van der Waals surface area contributed by atoms with E-state index in [0.29, 0.717) is 22.6 Å². The van der Waals surface area contributed by atoms with E-state index in [-0.39, 0.29) is 11.5 Å². The van der Waals surface area contributed by atoms with Gasteiger partial charge in [0.1, 0.15) is 11.5 Å². The number of fused-ring (bicyclic) bond motifs is 1. The van der Waals surface area contributed by atoms with Crippen LogP contribution in [0.15, 0.2) is 151 Å². The van der Waals surface area contributed by atoms with E-state index in [4.69, 9.17) is 11.3 Å². The van der Waals surface area contributed by atoms with Gasteiger partial charge < -0.3 is 14.4 Å². The Bertz CT molecular complexity index is 1730. The minimum Gasteiger partial charge on any atom is -0.456 e. The summed E-state index contributed by atoms with van der Waals surface area (Å²) < 4.78 is 6.30. The van der Waals surface area contributed by atoms with Crippen molar-refractivity contribution in [2.24, 2.45) is 0 Å². The monoisotopic (exact) mass is 516 g/mol. The fraction of sp³-hybridized carbons (Fsp3) is 0. The van der Waals surface area contributed by atoms with E-state index in [0.717, 1.165) is 28.2 Å². The van der Waals surface area contributed by atoms with Gasteiger partial charge in [0.2, 0.25) is 5.70 Å². The largest absolute Gasteiger partial charge is 0.456 e. The summed E-state index contributed by atoms with van der Waals surface area (Å²) in [7, 11) is 0. The normalized spacial score (nSPS) is 13.2. The zero-order chi connectivity index (χ0) is 27.3. The van der Waals surface area contributed by atoms with Crippen LogP contribution in [-0.4, -0.2) is 5.78 Å². The molecule has 40 heavy (non-hydrogen) atoms. The van der Waals surface area contributed by atoms with Crippen LogP contribution in [0.2, 0.25) is 0 Å². The number of carbonyl (C=O) groups excluding carboxylic acids is 1. The number of Topliss-reactive ketones (excluding diaryl/α,β-unsaturated/α-hetero) is 1. The van der Waals surface area contributed by atoms with Crippen LogP contribution in [-0.2, 0) is 0 Å². The highest BCUT2D eigenvalue weighted by atomic mass is 16.5. The summed E-state index contributed by atoms with van der Waals surface area (Å²) in [6.45, 7) is 7.90. The molecule has 5 aromatic rings. The minimum atomic E-state index is -0.311. The molecule has 0 saturated carbocycles. The van der Waals surface area contributed by atoms with Crippen molar-refractivity contribution >= 4 is 34.2 Å². The molecular weight excluding hydrogens is 492 g/mol. The molecule has 1 aliphatic heterocycles. The highest BCUT2D eigenvalue weighted by Crippen LogP contribution is 2.40. The molecule has 5 aromatic carbocycles. The van der Waals surface area contributed by atoms with E-state index in [1.807, 2.05) is 91.0 Å². The van der Waals surface area contributed by atoms with E-state index >= 15 is 0 Å². The Morgan fingerprint density at radius 3 is 1.75 bits per heavy atom. The van der Waals surface area contributed by atoms with Crippen LogP contribution in [0.3, 0.4) is 0 Å². The summed E-state index contributed by atoms with van der Waals surface area (Å²) >= 11 is 0. The van der Waals surface area contributed by atoms with Crippen LogP contribution in [0, 0.1) is 6.57 Å². The molecule has 0 radical (unpaired) electrons. The van der Waals surface area contributed by atoms with Crippen LogP contribution < -0.4 is 9.64 Å². The summed E-state index contributed by atoms with van der Waals surface area (Å²) in [5.74, 6) is 0.874. The van der Waals surface area contributed by atoms with Crippen molar-refractivity contribution in [3.05, 3.63) is 179 Å². The van der Waals surface area contributed by atoms with Crippen molar-refractivity contribution in [2.75, 3.05) is 4.90 Å². The smallest absolute Gasteiger partial charge is 0.241 e. The van der Waals surface area contributed by atoms with Crippen LogP contribution in [0.4, 0.5) is 17.1 Å². The first kappa shape index (κ1) is 24.7. The van der Waals surface area contributed by atoms with Crippen molar-refractivity contribution < 1.29 is 9.53 Å². The fourth-order valence-corrected chi connectivity index (χ4v) is 4.81. The molecular formula is C36H24N2O2. The van der Waals surface area contributed by atoms with E-state index in [9.17, 15) is 4.79 Å². The summed E-state index contributed by atoms with van der Waals surface area (Å²) in [6, 6.07) is 45.0. The molecule has 0 fully saturated rings. The third kappa shape index (κ3) is 4.80. The SMILES string of the molecule is [C-]#[N+]C(C(=O)c1ccccc1)=C1C=C(c2ccc(N(c3ccccc3)c3ccccc3)cc2)Oc2ccccc21. The van der Waals surface area contributed by atoms with Crippen molar-refractivity contribution in [1.82, 2.24) is 0 Å². The van der Waals surface area contributed by atoms with Crippen molar-refractivity contribution in [3.8, 4) is 5.75 Å². The number of rotatable bonds is 6. The number of hydrogen-bond donors (Lipinski definition) is 0. The maximum Gasteiger partial charge on any atom is 0.241 e. The number of para-hydroxylation sites is 3. The van der Waals surface area contributed by atoms with Crippen LogP contribution in [0.1, 0.15) is 21.5 Å². The summed E-state index contributed by atoms with van der Waals surface area (Å²) in [5.41, 5.74) is 5.76. The van der Waals surface area contributed by atoms with Gasteiger partial charge in [-0.05, 0) is 66.2 Å². The van der Waals surface area contributed by atoms with Gasteiger partial charge in [-0.1, -0.05) is 84.9 Å². The maximum atomic E-state index is 13.4. The highest BCUT2D eigenvalue weighted by molar-refractivity contribution is 6.16. The van der Waals surface area contributed by atoms with Gasteiger partial charge in [-0.15, -0.1) is 0 Å². The third-order valence-corrected chi connectivity index (χ3v) is 6.73. The molecule has 0 unspecified atom stereocenters. The van der Waals surface area contributed by atoms with E-state index < -0.39 is 0 Å². The van der Waals surface area contributed by atoms with Gasteiger partial charge in [0.15, 0.2) is 5.78 Å². The average Bonchev–Trinajstić information content (AvgIpc) is 3.03. The first-order chi connectivity index (χ1) is 19.7. The zero-order valence-corrected chi connectivity index (χ0v) is 21.6. The Morgan fingerprint density at radius 1 is 0.625 bits per heavy atom. The number of benzene rings is 5. The Hall–Kier alpha value is -5.66. The molecule has 0 spiro atoms. The number of anilines is 3. The lowest BCUT2D eigenvalue weighted by Crippen LogP contribution is -2.10. The van der Waals surface area contributed by atoms with Gasteiger partial charge in [-0.25, -0.2) is 4.85 Å². The van der Waals surface area contributed by atoms with Crippen LogP contribution in [0.5, 0.6) is 5.75 Å². The highest BCUT2D eigenvalue weighted by Gasteiger charge is 2.25. The maximum absolute atomic E-state index is 13.4. The quantitative estimate of drug-likeness (QED) is 0.128. The number of allylic oxidation sites excluding steroid dienone is 3. The first-order valence-electron chi connectivity index (χ1n) is 12.9. The van der Waals surface area contributed by atoms with Gasteiger partial charge in [-0.3, -0.25) is 0 Å². The molecule has 0 amide bonds. The molecule has 4 heteroatoms.